The zero-order valence-electron chi connectivity index (χ0n) is 13.6. The lowest BCUT2D eigenvalue weighted by Crippen LogP contribution is -2.24. The summed E-state index contributed by atoms with van der Waals surface area (Å²) in [5.41, 5.74) is -0.390. The van der Waals surface area contributed by atoms with Gasteiger partial charge in [0.25, 0.3) is 5.69 Å². The van der Waals surface area contributed by atoms with Gasteiger partial charge in [0.1, 0.15) is 29.4 Å². The summed E-state index contributed by atoms with van der Waals surface area (Å²) in [6, 6.07) is 3.09. The molecule has 1 N–H and O–H groups in total. The molecule has 11 nitrogen and oxygen atoms in total. The van der Waals surface area contributed by atoms with Gasteiger partial charge in [0.2, 0.25) is 5.91 Å². The molecule has 0 bridgehead atoms. The fourth-order valence-electron chi connectivity index (χ4n) is 2.10. The number of nitrogens with zero attached hydrogens (tertiary/aromatic N) is 4. The van der Waals surface area contributed by atoms with E-state index in [0.29, 0.717) is 0 Å². The van der Waals surface area contributed by atoms with Gasteiger partial charge >= 0.3 is 5.69 Å². The Balaban J connectivity index is 2.26. The molecule has 0 fully saturated rings. The number of benzene rings is 1. The van der Waals surface area contributed by atoms with Gasteiger partial charge in [-0.15, -0.1) is 0 Å². The highest BCUT2D eigenvalue weighted by Gasteiger charge is 2.24. The Bertz CT molecular complexity index is 846. The Hall–Kier alpha value is -3.50. The van der Waals surface area contributed by atoms with E-state index >= 15 is 0 Å². The smallest absolute Gasteiger partial charge is 0.309 e. The Kier molecular flexibility index (Phi) is 4.96. The van der Waals surface area contributed by atoms with Crippen molar-refractivity contribution in [3.05, 3.63) is 50.3 Å². The number of amides is 1. The Morgan fingerprint density at radius 2 is 1.92 bits per heavy atom. The van der Waals surface area contributed by atoms with Gasteiger partial charge in [-0.25, -0.2) is 0 Å². The molecule has 0 aliphatic heterocycles. The van der Waals surface area contributed by atoms with Crippen molar-refractivity contribution in [1.29, 1.82) is 0 Å². The van der Waals surface area contributed by atoms with Crippen LogP contribution >= 0.6 is 0 Å². The summed E-state index contributed by atoms with van der Waals surface area (Å²) in [4.78, 5) is 33.1. The Labute approximate surface area is 141 Å². The van der Waals surface area contributed by atoms with Crippen molar-refractivity contribution >= 4 is 23.0 Å². The van der Waals surface area contributed by atoms with Crippen LogP contribution in [-0.2, 0) is 4.79 Å². The maximum atomic E-state index is 12.3. The Morgan fingerprint density at radius 3 is 2.44 bits per heavy atom. The van der Waals surface area contributed by atoms with E-state index in [2.05, 4.69) is 10.4 Å². The van der Waals surface area contributed by atoms with Crippen LogP contribution < -0.4 is 10.1 Å². The molecule has 1 amide bonds. The molecule has 0 aliphatic rings. The SMILES string of the molecule is COc1ccc(NC(=O)C(C)n2cc([N+](=O)[O-])c(C)n2)c([N+](=O)[O-])c1. The van der Waals surface area contributed by atoms with Crippen molar-refractivity contribution in [2.75, 3.05) is 12.4 Å². The van der Waals surface area contributed by atoms with Gasteiger partial charge in [-0.2, -0.15) is 5.10 Å². The molecular formula is C14H15N5O6. The summed E-state index contributed by atoms with van der Waals surface area (Å²) < 4.78 is 6.06. The highest BCUT2D eigenvalue weighted by Crippen LogP contribution is 2.29. The number of anilines is 1. The summed E-state index contributed by atoms with van der Waals surface area (Å²) >= 11 is 0. The molecule has 1 aromatic carbocycles. The van der Waals surface area contributed by atoms with Gasteiger partial charge in [0, 0.05) is 0 Å². The predicted octanol–water partition coefficient (Wildman–Crippen LogP) is 2.22. The lowest BCUT2D eigenvalue weighted by molar-refractivity contribution is -0.385. The van der Waals surface area contributed by atoms with Crippen molar-refractivity contribution in [3.63, 3.8) is 0 Å². The number of rotatable bonds is 6. The van der Waals surface area contributed by atoms with E-state index in [1.54, 1.807) is 0 Å². The zero-order chi connectivity index (χ0) is 18.7. The minimum absolute atomic E-state index is 0.0129. The monoisotopic (exact) mass is 349 g/mol. The van der Waals surface area contributed by atoms with Crippen LogP contribution in [0.25, 0.3) is 0 Å². The van der Waals surface area contributed by atoms with Crippen molar-refractivity contribution in [2.24, 2.45) is 0 Å². The molecule has 25 heavy (non-hydrogen) atoms. The third kappa shape index (κ3) is 3.71. The number of nitro groups is 2. The Morgan fingerprint density at radius 1 is 1.28 bits per heavy atom. The second-order valence-electron chi connectivity index (χ2n) is 5.14. The van der Waals surface area contributed by atoms with E-state index in [0.717, 1.165) is 10.9 Å². The number of ether oxygens (including phenoxy) is 1. The van der Waals surface area contributed by atoms with Crippen molar-refractivity contribution in [3.8, 4) is 5.75 Å². The van der Waals surface area contributed by atoms with Crippen LogP contribution in [0.2, 0.25) is 0 Å². The number of aromatic nitrogens is 2. The average Bonchev–Trinajstić information content (AvgIpc) is 2.96. The van der Waals surface area contributed by atoms with Crippen molar-refractivity contribution in [2.45, 2.75) is 19.9 Å². The number of hydrogen-bond donors (Lipinski definition) is 1. The van der Waals surface area contributed by atoms with Gasteiger partial charge in [-0.05, 0) is 26.0 Å². The topological polar surface area (TPSA) is 142 Å². The number of hydrogen-bond acceptors (Lipinski definition) is 7. The van der Waals surface area contributed by atoms with E-state index < -0.39 is 21.8 Å². The van der Waals surface area contributed by atoms with Crippen molar-refractivity contribution < 1.29 is 19.4 Å². The first kappa shape index (κ1) is 17.8. The number of carbonyl (C=O) groups excluding carboxylic acids is 1. The van der Waals surface area contributed by atoms with Gasteiger partial charge in [0.15, 0.2) is 0 Å². The minimum Gasteiger partial charge on any atom is -0.496 e. The van der Waals surface area contributed by atoms with Crippen LogP contribution in [0.5, 0.6) is 5.75 Å². The maximum Gasteiger partial charge on any atom is 0.309 e. The average molecular weight is 349 g/mol. The fraction of sp³-hybridized carbons (Fsp3) is 0.286. The molecule has 0 saturated carbocycles. The quantitative estimate of drug-likeness (QED) is 0.622. The van der Waals surface area contributed by atoms with Crippen LogP contribution in [0.3, 0.4) is 0 Å². The summed E-state index contributed by atoms with van der Waals surface area (Å²) in [7, 11) is 1.37. The summed E-state index contributed by atoms with van der Waals surface area (Å²) in [5, 5.41) is 28.4. The molecule has 1 aromatic heterocycles. The van der Waals surface area contributed by atoms with Gasteiger partial charge in [-0.1, -0.05) is 0 Å². The molecular weight excluding hydrogens is 334 g/mol. The van der Waals surface area contributed by atoms with E-state index in [1.165, 1.54) is 39.2 Å². The molecule has 0 aliphatic carbocycles. The van der Waals surface area contributed by atoms with Crippen molar-refractivity contribution in [1.82, 2.24) is 9.78 Å². The highest BCUT2D eigenvalue weighted by molar-refractivity contribution is 5.95. The maximum absolute atomic E-state index is 12.3. The summed E-state index contributed by atoms with van der Waals surface area (Å²) in [6.45, 7) is 2.93. The molecule has 2 rings (SSSR count). The van der Waals surface area contributed by atoms with Crippen LogP contribution in [0.1, 0.15) is 18.7 Å². The molecule has 1 unspecified atom stereocenters. The van der Waals surface area contributed by atoms with Gasteiger partial charge in [-0.3, -0.25) is 29.7 Å². The number of nitro benzene ring substituents is 1. The molecule has 11 heteroatoms. The van der Waals surface area contributed by atoms with E-state index in [-0.39, 0.29) is 28.5 Å². The van der Waals surface area contributed by atoms with Gasteiger partial charge < -0.3 is 10.1 Å². The van der Waals surface area contributed by atoms with Crippen LogP contribution in [0.4, 0.5) is 17.1 Å². The summed E-state index contributed by atoms with van der Waals surface area (Å²) in [5.74, 6) is -0.332. The second-order valence-corrected chi connectivity index (χ2v) is 5.14. The van der Waals surface area contributed by atoms with E-state index in [4.69, 9.17) is 4.74 Å². The molecule has 132 valence electrons. The third-order valence-corrected chi connectivity index (χ3v) is 3.52. The molecule has 1 heterocycles. The first-order chi connectivity index (χ1) is 11.7. The van der Waals surface area contributed by atoms with Crippen LogP contribution in [-0.4, -0.2) is 32.6 Å². The fourth-order valence-corrected chi connectivity index (χ4v) is 2.10. The number of methoxy groups -OCH3 is 1. The molecule has 2 aromatic rings. The first-order valence-corrected chi connectivity index (χ1v) is 7.08. The summed E-state index contributed by atoms with van der Waals surface area (Å²) in [6.07, 6.45) is 1.14. The molecule has 0 saturated heterocycles. The van der Waals surface area contributed by atoms with E-state index in [9.17, 15) is 25.0 Å². The molecule has 1 atom stereocenters. The number of nitrogens with one attached hydrogen (secondary N) is 1. The third-order valence-electron chi connectivity index (χ3n) is 3.52. The lowest BCUT2D eigenvalue weighted by Gasteiger charge is -2.13. The van der Waals surface area contributed by atoms with Crippen LogP contribution in [0.15, 0.2) is 24.4 Å². The predicted molar refractivity (Wildman–Crippen MR) is 86.6 cm³/mol. The standard InChI is InChI=1S/C14H15N5O6/c1-8-13(19(23)24)7-17(16-8)9(2)14(20)15-11-5-4-10(25-3)6-12(11)18(21)22/h4-7,9H,1-3H3,(H,15,20). The molecule has 0 spiro atoms. The van der Waals surface area contributed by atoms with Gasteiger partial charge in [0.05, 0.1) is 23.0 Å². The lowest BCUT2D eigenvalue weighted by atomic mass is 10.2. The second kappa shape index (κ2) is 6.95. The molecule has 0 radical (unpaired) electrons. The number of carbonyl (C=O) groups is 1. The van der Waals surface area contributed by atoms with E-state index in [1.807, 2.05) is 0 Å². The first-order valence-electron chi connectivity index (χ1n) is 7.08. The number of aryl methyl sites for hydroxylation is 1. The highest BCUT2D eigenvalue weighted by atomic mass is 16.6. The van der Waals surface area contributed by atoms with Crippen LogP contribution in [0, 0.1) is 27.2 Å². The largest absolute Gasteiger partial charge is 0.496 e. The zero-order valence-corrected chi connectivity index (χ0v) is 13.6. The normalized spacial score (nSPS) is 11.6. The minimum atomic E-state index is -0.908.